The molecule has 0 aliphatic carbocycles. The van der Waals surface area contributed by atoms with Gasteiger partial charge in [0.15, 0.2) is 0 Å². The Bertz CT molecular complexity index is 2850. The summed E-state index contributed by atoms with van der Waals surface area (Å²) < 4.78 is 2.39. The summed E-state index contributed by atoms with van der Waals surface area (Å²) in [4.78, 5) is 2.37. The molecule has 2 nitrogen and oxygen atoms in total. The Balaban J connectivity index is 1.11. The zero-order valence-corrected chi connectivity index (χ0v) is 29.7. The number of nitrogens with zero attached hydrogens (tertiary/aromatic N) is 2. The van der Waals surface area contributed by atoms with Gasteiger partial charge in [-0.1, -0.05) is 164 Å². The lowest BCUT2D eigenvalue weighted by Gasteiger charge is -2.27. The maximum Gasteiger partial charge on any atom is 0.0541 e. The first-order valence-electron chi connectivity index (χ1n) is 18.5. The predicted molar refractivity (Wildman–Crippen MR) is 229 cm³/mol. The van der Waals surface area contributed by atoms with Crippen LogP contribution in [0.2, 0.25) is 0 Å². The Morgan fingerprint density at radius 1 is 0.315 bits per heavy atom. The standard InChI is InChI=1S/C52H36N2/c1-3-14-37(15-4-1)38-28-32-42(33-29-38)53(44-20-13-21-45(36-44)54-50-26-9-7-22-48(50)49-23-8-10-27-51(49)54)43-34-30-40(31-35-43)47-25-12-19-41-18-11-24-46(52(41)47)39-16-5-2-6-17-39/h1-36H. The molecule has 0 fully saturated rings. The van der Waals surface area contributed by atoms with Gasteiger partial charge in [0.05, 0.1) is 11.0 Å². The molecule has 1 heterocycles. The van der Waals surface area contributed by atoms with Crippen LogP contribution in [0, 0.1) is 0 Å². The van der Waals surface area contributed by atoms with E-state index in [1.54, 1.807) is 0 Å². The van der Waals surface area contributed by atoms with E-state index < -0.39 is 0 Å². The molecule has 0 aliphatic heterocycles. The molecule has 9 aromatic carbocycles. The molecule has 0 N–H and O–H groups in total. The number of hydrogen-bond acceptors (Lipinski definition) is 1. The summed E-state index contributed by atoms with van der Waals surface area (Å²) in [7, 11) is 0. The van der Waals surface area contributed by atoms with Crippen molar-refractivity contribution in [2.45, 2.75) is 0 Å². The van der Waals surface area contributed by atoms with Crippen LogP contribution in [-0.4, -0.2) is 4.57 Å². The van der Waals surface area contributed by atoms with Crippen LogP contribution in [0.15, 0.2) is 218 Å². The van der Waals surface area contributed by atoms with Crippen molar-refractivity contribution >= 4 is 49.6 Å². The van der Waals surface area contributed by atoms with E-state index >= 15 is 0 Å². The number of rotatable bonds is 7. The predicted octanol–water partition coefficient (Wildman–Crippen LogP) is 14.4. The molecule has 254 valence electrons. The number of anilines is 3. The van der Waals surface area contributed by atoms with Gasteiger partial charge in [0.25, 0.3) is 0 Å². The normalized spacial score (nSPS) is 11.3. The summed E-state index contributed by atoms with van der Waals surface area (Å²) >= 11 is 0. The van der Waals surface area contributed by atoms with Gasteiger partial charge < -0.3 is 9.47 Å². The van der Waals surface area contributed by atoms with E-state index in [1.165, 1.54) is 66.0 Å². The molecule has 0 aliphatic rings. The monoisotopic (exact) mass is 688 g/mol. The van der Waals surface area contributed by atoms with E-state index in [4.69, 9.17) is 0 Å². The van der Waals surface area contributed by atoms with Crippen LogP contribution in [0.4, 0.5) is 17.1 Å². The minimum Gasteiger partial charge on any atom is -0.310 e. The van der Waals surface area contributed by atoms with Crippen molar-refractivity contribution in [1.82, 2.24) is 4.57 Å². The van der Waals surface area contributed by atoms with Crippen LogP contribution >= 0.6 is 0 Å². The molecule has 0 saturated heterocycles. The first-order chi connectivity index (χ1) is 26.8. The molecule has 0 bridgehead atoms. The van der Waals surface area contributed by atoms with E-state index in [0.717, 1.165) is 22.7 Å². The van der Waals surface area contributed by atoms with Crippen LogP contribution in [0.25, 0.3) is 71.6 Å². The highest BCUT2D eigenvalue weighted by molar-refractivity contribution is 6.09. The SMILES string of the molecule is c1ccc(-c2ccc(N(c3ccc(-c4cccc5cccc(-c6ccccc6)c45)cc3)c3cccc(-n4c5ccccc5c5ccccc54)c3)cc2)cc1. The fourth-order valence-corrected chi connectivity index (χ4v) is 8.08. The zero-order chi connectivity index (χ0) is 35.8. The van der Waals surface area contributed by atoms with Crippen LogP contribution in [0.5, 0.6) is 0 Å². The average molecular weight is 689 g/mol. The van der Waals surface area contributed by atoms with Crippen molar-refractivity contribution in [3.05, 3.63) is 218 Å². The molecular formula is C52H36N2. The van der Waals surface area contributed by atoms with Crippen LogP contribution in [0.3, 0.4) is 0 Å². The minimum absolute atomic E-state index is 1.09. The fraction of sp³-hybridized carbons (Fsp3) is 0. The molecule has 0 spiro atoms. The average Bonchev–Trinajstić information content (AvgIpc) is 3.59. The Morgan fingerprint density at radius 3 is 1.37 bits per heavy atom. The quantitative estimate of drug-likeness (QED) is 0.162. The van der Waals surface area contributed by atoms with Gasteiger partial charge >= 0.3 is 0 Å². The molecule has 0 radical (unpaired) electrons. The van der Waals surface area contributed by atoms with E-state index in [2.05, 4.69) is 228 Å². The minimum atomic E-state index is 1.09. The number of fused-ring (bicyclic) bond motifs is 4. The maximum absolute atomic E-state index is 2.39. The molecule has 54 heavy (non-hydrogen) atoms. The second-order valence-corrected chi connectivity index (χ2v) is 13.8. The highest BCUT2D eigenvalue weighted by atomic mass is 15.1. The van der Waals surface area contributed by atoms with E-state index in [1.807, 2.05) is 0 Å². The molecule has 10 aromatic rings. The lowest BCUT2D eigenvalue weighted by Crippen LogP contribution is -2.10. The van der Waals surface area contributed by atoms with Crippen LogP contribution in [0.1, 0.15) is 0 Å². The summed E-state index contributed by atoms with van der Waals surface area (Å²) in [6, 6.07) is 78.8. The van der Waals surface area contributed by atoms with Gasteiger partial charge in [0, 0.05) is 33.5 Å². The van der Waals surface area contributed by atoms with E-state index in [0.29, 0.717) is 0 Å². The van der Waals surface area contributed by atoms with Crippen molar-refractivity contribution < 1.29 is 0 Å². The second kappa shape index (κ2) is 13.4. The Hall–Kier alpha value is -7.16. The molecule has 0 unspecified atom stereocenters. The summed E-state index contributed by atoms with van der Waals surface area (Å²) in [5.74, 6) is 0. The highest BCUT2D eigenvalue weighted by Gasteiger charge is 2.17. The van der Waals surface area contributed by atoms with Gasteiger partial charge in [-0.25, -0.2) is 0 Å². The van der Waals surface area contributed by atoms with Crippen molar-refractivity contribution in [3.8, 4) is 39.1 Å². The number of hydrogen-bond donors (Lipinski definition) is 0. The first kappa shape index (κ1) is 31.6. The van der Waals surface area contributed by atoms with Crippen LogP contribution in [-0.2, 0) is 0 Å². The molecule has 10 rings (SSSR count). The van der Waals surface area contributed by atoms with E-state index in [-0.39, 0.29) is 0 Å². The largest absolute Gasteiger partial charge is 0.310 e. The topological polar surface area (TPSA) is 8.17 Å². The number of aromatic nitrogens is 1. The van der Waals surface area contributed by atoms with E-state index in [9.17, 15) is 0 Å². The smallest absolute Gasteiger partial charge is 0.0541 e. The van der Waals surface area contributed by atoms with Gasteiger partial charge in [-0.15, -0.1) is 0 Å². The summed E-state index contributed by atoms with van der Waals surface area (Å²) in [5, 5.41) is 5.02. The van der Waals surface area contributed by atoms with Crippen molar-refractivity contribution in [3.63, 3.8) is 0 Å². The molecule has 0 saturated carbocycles. The van der Waals surface area contributed by atoms with Gasteiger partial charge in [-0.3, -0.25) is 0 Å². The van der Waals surface area contributed by atoms with Crippen molar-refractivity contribution in [2.24, 2.45) is 0 Å². The van der Waals surface area contributed by atoms with Gasteiger partial charge in [0.2, 0.25) is 0 Å². The van der Waals surface area contributed by atoms with Gasteiger partial charge in [-0.2, -0.15) is 0 Å². The van der Waals surface area contributed by atoms with Gasteiger partial charge in [0.1, 0.15) is 0 Å². The van der Waals surface area contributed by atoms with Crippen LogP contribution < -0.4 is 4.90 Å². The Labute approximate surface area is 315 Å². The molecule has 0 atom stereocenters. The molecule has 0 amide bonds. The van der Waals surface area contributed by atoms with Gasteiger partial charge in [-0.05, 0) is 98.8 Å². The zero-order valence-electron chi connectivity index (χ0n) is 29.7. The third-order valence-corrected chi connectivity index (χ3v) is 10.6. The van der Waals surface area contributed by atoms with Crippen molar-refractivity contribution in [1.29, 1.82) is 0 Å². The first-order valence-corrected chi connectivity index (χ1v) is 18.5. The maximum atomic E-state index is 2.39. The summed E-state index contributed by atoms with van der Waals surface area (Å²) in [6.45, 7) is 0. The Morgan fingerprint density at radius 2 is 0.778 bits per heavy atom. The molecule has 2 heteroatoms. The summed E-state index contributed by atoms with van der Waals surface area (Å²) in [6.07, 6.45) is 0. The third-order valence-electron chi connectivity index (χ3n) is 10.6. The number of para-hydroxylation sites is 2. The fourth-order valence-electron chi connectivity index (χ4n) is 8.08. The third kappa shape index (κ3) is 5.53. The Kier molecular flexibility index (Phi) is 7.85. The number of benzene rings is 9. The van der Waals surface area contributed by atoms with Crippen molar-refractivity contribution in [2.75, 3.05) is 4.90 Å². The highest BCUT2D eigenvalue weighted by Crippen LogP contribution is 2.41. The lowest BCUT2D eigenvalue weighted by molar-refractivity contribution is 1.17. The second-order valence-electron chi connectivity index (χ2n) is 13.8. The molecular weight excluding hydrogens is 653 g/mol. The summed E-state index contributed by atoms with van der Waals surface area (Å²) in [5.41, 5.74) is 14.1. The molecule has 1 aromatic heterocycles. The lowest BCUT2D eigenvalue weighted by atomic mass is 9.91.